The number of rotatable bonds is 3. The third kappa shape index (κ3) is 3.08. The Morgan fingerprint density at radius 2 is 1.73 bits per heavy atom. The molecule has 120 valence electrons. The number of hydrogen-bond donors (Lipinski definition) is 0. The van der Waals surface area contributed by atoms with Gasteiger partial charge >= 0.3 is 0 Å². The number of hydrogen-bond acceptors (Lipinski definition) is 3. The standard InChI is InChI=1S/C17H24N2O3/c1-12-8-9-18(10-12)17(22)14-4-2-13(3-5-14)11-19-15(20)6-7-16(19)21/h6-7,12-14H,2-5,8-11H2,1H3/t12-,13?,14?/m1/s1. The van der Waals surface area contributed by atoms with Crippen LogP contribution in [0.5, 0.6) is 0 Å². The summed E-state index contributed by atoms with van der Waals surface area (Å²) < 4.78 is 0. The van der Waals surface area contributed by atoms with Gasteiger partial charge in [0.05, 0.1) is 0 Å². The van der Waals surface area contributed by atoms with E-state index in [2.05, 4.69) is 6.92 Å². The fraction of sp³-hybridized carbons (Fsp3) is 0.706. The highest BCUT2D eigenvalue weighted by molar-refractivity contribution is 6.12. The smallest absolute Gasteiger partial charge is 0.253 e. The van der Waals surface area contributed by atoms with Crippen LogP contribution in [0.1, 0.15) is 39.0 Å². The van der Waals surface area contributed by atoms with Gasteiger partial charge in [0.2, 0.25) is 5.91 Å². The second-order valence-corrected chi connectivity index (χ2v) is 7.02. The maximum absolute atomic E-state index is 12.5. The van der Waals surface area contributed by atoms with Gasteiger partial charge in [-0.1, -0.05) is 6.92 Å². The van der Waals surface area contributed by atoms with Crippen molar-refractivity contribution >= 4 is 17.7 Å². The molecule has 3 amide bonds. The van der Waals surface area contributed by atoms with Crippen LogP contribution in [0.3, 0.4) is 0 Å². The lowest BCUT2D eigenvalue weighted by Gasteiger charge is -2.32. The zero-order valence-electron chi connectivity index (χ0n) is 13.2. The van der Waals surface area contributed by atoms with Gasteiger partial charge < -0.3 is 4.90 Å². The van der Waals surface area contributed by atoms with Crippen molar-refractivity contribution in [2.75, 3.05) is 19.6 Å². The van der Waals surface area contributed by atoms with Gasteiger partial charge in [0.15, 0.2) is 0 Å². The molecule has 22 heavy (non-hydrogen) atoms. The Bertz CT molecular complexity index is 488. The average molecular weight is 304 g/mol. The molecule has 3 aliphatic rings. The van der Waals surface area contributed by atoms with Crippen LogP contribution in [0, 0.1) is 17.8 Å². The summed E-state index contributed by atoms with van der Waals surface area (Å²) in [5.41, 5.74) is 0. The fourth-order valence-corrected chi connectivity index (χ4v) is 3.85. The fourth-order valence-electron chi connectivity index (χ4n) is 3.85. The van der Waals surface area contributed by atoms with Crippen LogP contribution in [-0.4, -0.2) is 47.2 Å². The molecular formula is C17H24N2O3. The molecule has 2 fully saturated rings. The van der Waals surface area contributed by atoms with Gasteiger partial charge in [-0.2, -0.15) is 0 Å². The summed E-state index contributed by atoms with van der Waals surface area (Å²) in [6, 6.07) is 0. The Labute approximate surface area is 131 Å². The van der Waals surface area contributed by atoms with Crippen LogP contribution in [0.15, 0.2) is 12.2 Å². The monoisotopic (exact) mass is 304 g/mol. The second kappa shape index (κ2) is 6.23. The quantitative estimate of drug-likeness (QED) is 0.744. The summed E-state index contributed by atoms with van der Waals surface area (Å²) in [4.78, 5) is 39.0. The zero-order valence-corrected chi connectivity index (χ0v) is 13.2. The van der Waals surface area contributed by atoms with E-state index in [1.807, 2.05) is 4.90 Å². The Morgan fingerprint density at radius 1 is 1.09 bits per heavy atom. The van der Waals surface area contributed by atoms with Gasteiger partial charge in [0.25, 0.3) is 11.8 Å². The minimum absolute atomic E-state index is 0.143. The van der Waals surface area contributed by atoms with Crippen molar-refractivity contribution in [1.82, 2.24) is 9.80 Å². The van der Waals surface area contributed by atoms with Gasteiger partial charge in [-0.3, -0.25) is 19.3 Å². The maximum Gasteiger partial charge on any atom is 0.253 e. The van der Waals surface area contributed by atoms with E-state index < -0.39 is 0 Å². The van der Waals surface area contributed by atoms with Crippen molar-refractivity contribution in [2.45, 2.75) is 39.0 Å². The van der Waals surface area contributed by atoms with Crippen LogP contribution < -0.4 is 0 Å². The molecule has 0 unspecified atom stereocenters. The molecule has 2 aliphatic heterocycles. The Balaban J connectivity index is 1.47. The molecule has 0 aromatic heterocycles. The molecule has 1 saturated heterocycles. The molecule has 5 nitrogen and oxygen atoms in total. The SMILES string of the molecule is C[C@@H]1CCN(C(=O)C2CCC(CN3C(=O)C=CC3=O)CC2)C1. The summed E-state index contributed by atoms with van der Waals surface area (Å²) in [7, 11) is 0. The summed E-state index contributed by atoms with van der Waals surface area (Å²) in [6.45, 7) is 4.51. The topological polar surface area (TPSA) is 57.7 Å². The number of likely N-dealkylation sites (tertiary alicyclic amines) is 1. The highest BCUT2D eigenvalue weighted by atomic mass is 16.2. The molecule has 1 atom stereocenters. The second-order valence-electron chi connectivity index (χ2n) is 7.02. The van der Waals surface area contributed by atoms with Crippen molar-refractivity contribution in [3.8, 4) is 0 Å². The predicted molar refractivity (Wildman–Crippen MR) is 81.7 cm³/mol. The van der Waals surface area contributed by atoms with Crippen LogP contribution in [0.2, 0.25) is 0 Å². The molecule has 1 saturated carbocycles. The lowest BCUT2D eigenvalue weighted by Crippen LogP contribution is -2.39. The summed E-state index contributed by atoms with van der Waals surface area (Å²) in [6.07, 6.45) is 7.43. The van der Waals surface area contributed by atoms with Gasteiger partial charge in [-0.15, -0.1) is 0 Å². The van der Waals surface area contributed by atoms with Gasteiger partial charge in [0.1, 0.15) is 0 Å². The largest absolute Gasteiger partial charge is 0.342 e. The highest BCUT2D eigenvalue weighted by Gasteiger charge is 2.34. The molecule has 0 spiro atoms. The van der Waals surface area contributed by atoms with E-state index in [9.17, 15) is 14.4 Å². The first-order chi connectivity index (χ1) is 10.5. The first-order valence-corrected chi connectivity index (χ1v) is 8.37. The lowest BCUT2D eigenvalue weighted by molar-refractivity contribution is -0.139. The van der Waals surface area contributed by atoms with Crippen LogP contribution >= 0.6 is 0 Å². The van der Waals surface area contributed by atoms with Crippen molar-refractivity contribution in [3.05, 3.63) is 12.2 Å². The first-order valence-electron chi connectivity index (χ1n) is 8.37. The number of amides is 3. The molecule has 2 heterocycles. The molecule has 0 bridgehead atoms. The molecule has 5 heteroatoms. The van der Waals surface area contributed by atoms with E-state index in [1.54, 1.807) is 0 Å². The Hall–Kier alpha value is -1.65. The van der Waals surface area contributed by atoms with Crippen molar-refractivity contribution < 1.29 is 14.4 Å². The Morgan fingerprint density at radius 3 is 2.27 bits per heavy atom. The maximum atomic E-state index is 12.5. The van der Waals surface area contributed by atoms with Crippen LogP contribution in [-0.2, 0) is 14.4 Å². The van der Waals surface area contributed by atoms with Crippen molar-refractivity contribution in [2.24, 2.45) is 17.8 Å². The third-order valence-corrected chi connectivity index (χ3v) is 5.27. The average Bonchev–Trinajstić information content (AvgIpc) is 3.08. The molecule has 0 aromatic carbocycles. The summed E-state index contributed by atoms with van der Waals surface area (Å²) in [5.74, 6) is 1.03. The lowest BCUT2D eigenvalue weighted by atomic mass is 9.81. The zero-order chi connectivity index (χ0) is 15.7. The van der Waals surface area contributed by atoms with Gasteiger partial charge in [0, 0.05) is 37.7 Å². The molecule has 0 N–H and O–H groups in total. The number of carbonyl (C=O) groups is 3. The van der Waals surface area contributed by atoms with E-state index in [1.165, 1.54) is 17.1 Å². The van der Waals surface area contributed by atoms with E-state index in [-0.39, 0.29) is 17.7 Å². The summed E-state index contributed by atoms with van der Waals surface area (Å²) >= 11 is 0. The van der Waals surface area contributed by atoms with E-state index in [0.29, 0.717) is 24.3 Å². The van der Waals surface area contributed by atoms with Gasteiger partial charge in [-0.25, -0.2) is 0 Å². The molecule has 3 rings (SSSR count). The van der Waals surface area contributed by atoms with E-state index in [4.69, 9.17) is 0 Å². The van der Waals surface area contributed by atoms with Gasteiger partial charge in [-0.05, 0) is 43.9 Å². The minimum Gasteiger partial charge on any atom is -0.342 e. The van der Waals surface area contributed by atoms with Crippen molar-refractivity contribution in [3.63, 3.8) is 0 Å². The highest BCUT2D eigenvalue weighted by Crippen LogP contribution is 2.32. The number of nitrogens with zero attached hydrogens (tertiary/aromatic N) is 2. The van der Waals surface area contributed by atoms with E-state index >= 15 is 0 Å². The van der Waals surface area contributed by atoms with E-state index in [0.717, 1.165) is 45.2 Å². The predicted octanol–water partition coefficient (Wildman–Crippen LogP) is 1.59. The minimum atomic E-state index is -0.200. The molecular weight excluding hydrogens is 280 g/mol. The molecule has 0 aromatic rings. The Kier molecular flexibility index (Phi) is 4.32. The van der Waals surface area contributed by atoms with Crippen molar-refractivity contribution in [1.29, 1.82) is 0 Å². The van der Waals surface area contributed by atoms with Crippen LogP contribution in [0.4, 0.5) is 0 Å². The normalized spacial score (nSPS) is 32.1. The molecule has 0 radical (unpaired) electrons. The number of carbonyl (C=O) groups excluding carboxylic acids is 3. The molecule has 1 aliphatic carbocycles. The first kappa shape index (κ1) is 15.3. The third-order valence-electron chi connectivity index (χ3n) is 5.27. The van der Waals surface area contributed by atoms with Crippen LogP contribution in [0.25, 0.3) is 0 Å². The summed E-state index contributed by atoms with van der Waals surface area (Å²) in [5, 5.41) is 0. The number of imide groups is 1.